The van der Waals surface area contributed by atoms with Gasteiger partial charge in [0.1, 0.15) is 4.88 Å². The molecule has 6 heteroatoms. The van der Waals surface area contributed by atoms with Crippen LogP contribution in [-0.2, 0) is 12.8 Å². The van der Waals surface area contributed by atoms with E-state index in [1.807, 2.05) is 18.2 Å². The number of aromatic nitrogens is 2. The first-order valence-corrected chi connectivity index (χ1v) is 7.96. The molecule has 5 nitrogen and oxygen atoms in total. The fraction of sp³-hybridized carbons (Fsp3) is 0.400. The number of hydrogen-bond acceptors (Lipinski definition) is 5. The summed E-state index contributed by atoms with van der Waals surface area (Å²) in [6, 6.07) is 5.96. The van der Waals surface area contributed by atoms with Crippen molar-refractivity contribution in [1.29, 1.82) is 0 Å². The number of nitrogen functional groups attached to an aromatic ring is 1. The quantitative estimate of drug-likeness (QED) is 0.850. The fourth-order valence-electron chi connectivity index (χ4n) is 2.79. The van der Waals surface area contributed by atoms with E-state index in [9.17, 15) is 4.79 Å². The Bertz CT molecular complexity index is 667. The average molecular weight is 302 g/mol. The molecular formula is C15H18N4OS. The van der Waals surface area contributed by atoms with Crippen LogP contribution in [0.4, 0.5) is 5.69 Å². The molecule has 0 radical (unpaired) electrons. The zero-order chi connectivity index (χ0) is 14.8. The summed E-state index contributed by atoms with van der Waals surface area (Å²) in [5.41, 5.74) is 9.79. The molecule has 3 N–H and O–H groups in total. The van der Waals surface area contributed by atoms with Crippen LogP contribution in [0.5, 0.6) is 0 Å². The summed E-state index contributed by atoms with van der Waals surface area (Å²) in [6.07, 6.45) is 3.61. The minimum absolute atomic E-state index is 0.0599. The Labute approximate surface area is 127 Å². The van der Waals surface area contributed by atoms with Crippen molar-refractivity contribution < 1.29 is 4.79 Å². The summed E-state index contributed by atoms with van der Waals surface area (Å²) in [5, 5.41) is 7.16. The van der Waals surface area contributed by atoms with Crippen molar-refractivity contribution >= 4 is 23.1 Å². The lowest BCUT2D eigenvalue weighted by molar-refractivity contribution is 0.0939. The molecule has 21 heavy (non-hydrogen) atoms. The minimum Gasteiger partial charge on any atom is -0.399 e. The maximum Gasteiger partial charge on any atom is 0.265 e. The maximum atomic E-state index is 12.4. The summed E-state index contributed by atoms with van der Waals surface area (Å²) in [4.78, 5) is 13.1. The molecule has 0 saturated heterocycles. The molecule has 1 atom stereocenters. The van der Waals surface area contributed by atoms with Crippen LogP contribution in [-0.4, -0.2) is 15.5 Å². The number of aryl methyl sites for hydroxylation is 2. The van der Waals surface area contributed by atoms with Gasteiger partial charge in [0.05, 0.1) is 11.7 Å². The molecule has 3 rings (SSSR count). The lowest BCUT2D eigenvalue weighted by Crippen LogP contribution is -2.27. The van der Waals surface area contributed by atoms with Gasteiger partial charge in [0.2, 0.25) is 0 Å². The number of fused-ring (bicyclic) bond motifs is 1. The van der Waals surface area contributed by atoms with E-state index in [1.165, 1.54) is 22.7 Å². The van der Waals surface area contributed by atoms with Crippen LogP contribution in [0.3, 0.4) is 0 Å². The number of amides is 1. The van der Waals surface area contributed by atoms with Gasteiger partial charge in [0.15, 0.2) is 0 Å². The van der Waals surface area contributed by atoms with E-state index >= 15 is 0 Å². The monoisotopic (exact) mass is 302 g/mol. The molecule has 0 aliphatic heterocycles. The van der Waals surface area contributed by atoms with Crippen LogP contribution in [0.1, 0.15) is 52.3 Å². The van der Waals surface area contributed by atoms with Crippen molar-refractivity contribution in [3.8, 4) is 0 Å². The second-order valence-corrected chi connectivity index (χ2v) is 6.08. The van der Waals surface area contributed by atoms with E-state index in [0.29, 0.717) is 4.88 Å². The molecule has 0 saturated carbocycles. The summed E-state index contributed by atoms with van der Waals surface area (Å²) < 4.78 is 3.91. The van der Waals surface area contributed by atoms with Crippen LogP contribution >= 0.6 is 11.5 Å². The second-order valence-electron chi connectivity index (χ2n) is 5.32. The first kappa shape index (κ1) is 14.0. The Morgan fingerprint density at radius 1 is 1.52 bits per heavy atom. The van der Waals surface area contributed by atoms with Crippen LogP contribution in [0.25, 0.3) is 0 Å². The van der Waals surface area contributed by atoms with Crippen molar-refractivity contribution in [1.82, 2.24) is 14.9 Å². The number of nitrogens with two attached hydrogens (primary N) is 1. The van der Waals surface area contributed by atoms with Crippen molar-refractivity contribution in [2.75, 3.05) is 5.73 Å². The Hall–Kier alpha value is -1.95. The number of nitrogens with one attached hydrogen (secondary N) is 1. The van der Waals surface area contributed by atoms with Crippen molar-refractivity contribution in [3.05, 3.63) is 39.9 Å². The number of hydrogen-bond donors (Lipinski definition) is 2. The van der Waals surface area contributed by atoms with Crippen molar-refractivity contribution in [2.45, 2.75) is 38.6 Å². The SMILES string of the molecule is CCCc1nnsc1C(=O)NC1CCc2cc(N)ccc21. The van der Waals surface area contributed by atoms with Gasteiger partial charge in [-0.25, -0.2) is 0 Å². The smallest absolute Gasteiger partial charge is 0.265 e. The highest BCUT2D eigenvalue weighted by molar-refractivity contribution is 7.08. The van der Waals surface area contributed by atoms with Gasteiger partial charge in [0, 0.05) is 5.69 Å². The number of carbonyl (C=O) groups excluding carboxylic acids is 1. The van der Waals surface area contributed by atoms with Crippen LogP contribution in [0.2, 0.25) is 0 Å². The van der Waals surface area contributed by atoms with Gasteiger partial charge >= 0.3 is 0 Å². The van der Waals surface area contributed by atoms with E-state index in [-0.39, 0.29) is 11.9 Å². The molecule has 0 bridgehead atoms. The highest BCUT2D eigenvalue weighted by atomic mass is 32.1. The average Bonchev–Trinajstić information content (AvgIpc) is 3.06. The molecule has 2 aromatic rings. The maximum absolute atomic E-state index is 12.4. The summed E-state index contributed by atoms with van der Waals surface area (Å²) >= 11 is 1.17. The second kappa shape index (κ2) is 5.81. The molecule has 1 aliphatic carbocycles. The van der Waals surface area contributed by atoms with Gasteiger partial charge in [0.25, 0.3) is 5.91 Å². The largest absolute Gasteiger partial charge is 0.399 e. The van der Waals surface area contributed by atoms with E-state index in [0.717, 1.165) is 37.1 Å². The van der Waals surface area contributed by atoms with Crippen LogP contribution in [0, 0.1) is 0 Å². The lowest BCUT2D eigenvalue weighted by atomic mass is 10.1. The molecule has 110 valence electrons. The molecule has 1 aromatic heterocycles. The van der Waals surface area contributed by atoms with Crippen LogP contribution < -0.4 is 11.1 Å². The van der Waals surface area contributed by atoms with Crippen molar-refractivity contribution in [2.24, 2.45) is 0 Å². The van der Waals surface area contributed by atoms with E-state index in [4.69, 9.17) is 5.73 Å². The third kappa shape index (κ3) is 2.76. The predicted octanol–water partition coefficient (Wildman–Crippen LogP) is 2.49. The lowest BCUT2D eigenvalue weighted by Gasteiger charge is -2.13. The molecule has 1 heterocycles. The Morgan fingerprint density at radius 2 is 2.38 bits per heavy atom. The first-order valence-electron chi connectivity index (χ1n) is 7.19. The third-order valence-corrected chi connectivity index (χ3v) is 4.57. The summed E-state index contributed by atoms with van der Waals surface area (Å²) in [7, 11) is 0. The Morgan fingerprint density at radius 3 is 3.19 bits per heavy atom. The standard InChI is InChI=1S/C15H18N4OS/c1-2-3-13-14(21-19-18-13)15(20)17-12-7-4-9-8-10(16)5-6-11(9)12/h5-6,8,12H,2-4,7,16H2,1H3,(H,17,20). The summed E-state index contributed by atoms with van der Waals surface area (Å²) in [6.45, 7) is 2.07. The number of carbonyl (C=O) groups is 1. The number of nitrogens with zero attached hydrogens (tertiary/aromatic N) is 2. The highest BCUT2D eigenvalue weighted by Crippen LogP contribution is 2.32. The molecule has 0 spiro atoms. The normalized spacial score (nSPS) is 16.7. The topological polar surface area (TPSA) is 80.9 Å². The predicted molar refractivity (Wildman–Crippen MR) is 83.3 cm³/mol. The van der Waals surface area contributed by atoms with Gasteiger partial charge in [-0.3, -0.25) is 4.79 Å². The number of benzene rings is 1. The van der Waals surface area contributed by atoms with E-state index in [2.05, 4.69) is 21.8 Å². The number of rotatable bonds is 4. The molecule has 0 fully saturated rings. The van der Waals surface area contributed by atoms with Gasteiger partial charge in [-0.15, -0.1) is 5.10 Å². The fourth-order valence-corrected chi connectivity index (χ4v) is 3.40. The number of anilines is 1. The molecule has 1 aromatic carbocycles. The van der Waals surface area contributed by atoms with Gasteiger partial charge in [-0.2, -0.15) is 0 Å². The van der Waals surface area contributed by atoms with Gasteiger partial charge < -0.3 is 11.1 Å². The Balaban J connectivity index is 1.76. The van der Waals surface area contributed by atoms with Gasteiger partial charge in [-0.1, -0.05) is 23.9 Å². The van der Waals surface area contributed by atoms with Crippen molar-refractivity contribution in [3.63, 3.8) is 0 Å². The summed E-state index contributed by atoms with van der Waals surface area (Å²) in [5.74, 6) is -0.0666. The first-order chi connectivity index (χ1) is 10.2. The molecule has 1 aliphatic rings. The van der Waals surface area contributed by atoms with Gasteiger partial charge in [-0.05, 0) is 54.1 Å². The Kier molecular flexibility index (Phi) is 3.88. The molecule has 1 amide bonds. The molecular weight excluding hydrogens is 284 g/mol. The van der Waals surface area contributed by atoms with E-state index in [1.54, 1.807) is 0 Å². The van der Waals surface area contributed by atoms with E-state index < -0.39 is 0 Å². The minimum atomic E-state index is -0.0666. The third-order valence-electron chi connectivity index (χ3n) is 3.80. The van der Waals surface area contributed by atoms with Crippen LogP contribution in [0.15, 0.2) is 18.2 Å². The zero-order valence-electron chi connectivity index (χ0n) is 11.9. The zero-order valence-corrected chi connectivity index (χ0v) is 12.7. The molecule has 1 unspecified atom stereocenters. The highest BCUT2D eigenvalue weighted by Gasteiger charge is 2.26.